The average Bonchev–Trinajstić information content (AvgIpc) is 2.34. The molecule has 1 saturated heterocycles. The molecule has 6 nitrogen and oxygen atoms in total. The molecule has 1 amide bonds. The molecule has 1 heterocycles. The van der Waals surface area contributed by atoms with Gasteiger partial charge >= 0.3 is 12.1 Å². The quantitative estimate of drug-likeness (QED) is 0.774. The summed E-state index contributed by atoms with van der Waals surface area (Å²) in [6, 6.07) is -0.848. The maximum absolute atomic E-state index is 12.4. The molecule has 0 radical (unpaired) electrons. The fraction of sp³-hybridized carbons (Fsp3) is 0.882. The van der Waals surface area contributed by atoms with E-state index in [1.54, 1.807) is 20.8 Å². The second-order valence-electron chi connectivity index (χ2n) is 9.06. The predicted octanol–water partition coefficient (Wildman–Crippen LogP) is 3.86. The molecule has 2 atom stereocenters. The maximum Gasteiger partial charge on any atom is 0.411 e. The Kier molecular flexibility index (Phi) is 6.14. The van der Waals surface area contributed by atoms with Crippen LogP contribution in [0.4, 0.5) is 4.79 Å². The van der Waals surface area contributed by atoms with Gasteiger partial charge in [-0.25, -0.2) is 9.59 Å². The number of piperidine rings is 1. The molecule has 7 heteroatoms. The van der Waals surface area contributed by atoms with Crippen LogP contribution in [0.3, 0.4) is 0 Å². The highest BCUT2D eigenvalue weighted by Crippen LogP contribution is 2.38. The van der Waals surface area contributed by atoms with Crippen molar-refractivity contribution in [2.24, 2.45) is 0 Å². The molecule has 0 bridgehead atoms. The van der Waals surface area contributed by atoms with Gasteiger partial charge in [0, 0.05) is 6.54 Å². The Labute approximate surface area is 146 Å². The second kappa shape index (κ2) is 7.04. The van der Waals surface area contributed by atoms with Crippen molar-refractivity contribution in [2.75, 3.05) is 6.54 Å². The lowest BCUT2D eigenvalue weighted by Crippen LogP contribution is -2.56. The first-order valence-corrected chi connectivity index (χ1v) is 11.4. The summed E-state index contributed by atoms with van der Waals surface area (Å²) in [5.74, 6) is -0.994. The summed E-state index contributed by atoms with van der Waals surface area (Å²) < 4.78 is 11.8. The standard InChI is InChI=1S/C17H33NO5Si/c1-16(2,3)22-15(21)18-11-12(9-10-13(18)14(19)20)23-24(7,8)17(4,5)6/h12-13H,9-11H2,1-8H3,(H,19,20)/t12-,13+/m0/s1. The molecule has 0 aromatic carbocycles. The molecule has 1 aliphatic rings. The molecule has 1 aliphatic heterocycles. The van der Waals surface area contributed by atoms with Gasteiger partial charge in [0.1, 0.15) is 11.6 Å². The lowest BCUT2D eigenvalue weighted by atomic mass is 10.0. The van der Waals surface area contributed by atoms with Crippen molar-refractivity contribution in [3.05, 3.63) is 0 Å². The molecular formula is C17H33NO5Si. The van der Waals surface area contributed by atoms with Crippen molar-refractivity contribution < 1.29 is 23.9 Å². The first-order chi connectivity index (χ1) is 10.6. The molecule has 0 aromatic heterocycles. The van der Waals surface area contributed by atoms with Gasteiger partial charge in [0.15, 0.2) is 8.32 Å². The number of nitrogens with zero attached hydrogens (tertiary/aromatic N) is 1. The van der Waals surface area contributed by atoms with Crippen LogP contribution in [0.5, 0.6) is 0 Å². The zero-order valence-electron chi connectivity index (χ0n) is 16.3. The fourth-order valence-electron chi connectivity index (χ4n) is 2.41. The van der Waals surface area contributed by atoms with E-state index in [0.29, 0.717) is 12.8 Å². The van der Waals surface area contributed by atoms with Gasteiger partial charge < -0.3 is 14.3 Å². The highest BCUT2D eigenvalue weighted by atomic mass is 28.4. The molecule has 0 spiro atoms. The fourth-order valence-corrected chi connectivity index (χ4v) is 3.79. The number of carboxylic acids is 1. The van der Waals surface area contributed by atoms with Crippen molar-refractivity contribution in [3.63, 3.8) is 0 Å². The highest BCUT2D eigenvalue weighted by molar-refractivity contribution is 6.74. The Morgan fingerprint density at radius 2 is 1.62 bits per heavy atom. The van der Waals surface area contributed by atoms with Crippen molar-refractivity contribution in [3.8, 4) is 0 Å². The average molecular weight is 360 g/mol. The van der Waals surface area contributed by atoms with Gasteiger partial charge in [0.25, 0.3) is 0 Å². The summed E-state index contributed by atoms with van der Waals surface area (Å²) in [4.78, 5) is 25.3. The zero-order valence-corrected chi connectivity index (χ0v) is 17.3. The third kappa shape index (κ3) is 5.48. The Balaban J connectivity index is 2.90. The summed E-state index contributed by atoms with van der Waals surface area (Å²) in [7, 11) is -1.98. The molecule has 1 fully saturated rings. The van der Waals surface area contributed by atoms with E-state index in [1.807, 2.05) is 0 Å². The third-order valence-electron chi connectivity index (χ3n) is 4.72. The summed E-state index contributed by atoms with van der Waals surface area (Å²) in [5.41, 5.74) is -0.659. The van der Waals surface area contributed by atoms with Crippen LogP contribution in [-0.4, -0.2) is 54.7 Å². The van der Waals surface area contributed by atoms with Crippen molar-refractivity contribution in [2.45, 2.75) is 90.3 Å². The van der Waals surface area contributed by atoms with Crippen LogP contribution in [0.15, 0.2) is 0 Å². The minimum Gasteiger partial charge on any atom is -0.480 e. The van der Waals surface area contributed by atoms with Crippen molar-refractivity contribution >= 4 is 20.4 Å². The number of hydrogen-bond donors (Lipinski definition) is 1. The molecule has 1 rings (SSSR count). The first kappa shape index (κ1) is 21.0. The van der Waals surface area contributed by atoms with Crippen LogP contribution in [0, 0.1) is 0 Å². The van der Waals surface area contributed by atoms with Crippen LogP contribution in [0.1, 0.15) is 54.4 Å². The highest BCUT2D eigenvalue weighted by Gasteiger charge is 2.43. The van der Waals surface area contributed by atoms with Gasteiger partial charge in [-0.2, -0.15) is 0 Å². The van der Waals surface area contributed by atoms with Crippen LogP contribution >= 0.6 is 0 Å². The van der Waals surface area contributed by atoms with Gasteiger partial charge in [-0.1, -0.05) is 20.8 Å². The van der Waals surface area contributed by atoms with Crippen LogP contribution < -0.4 is 0 Å². The Morgan fingerprint density at radius 3 is 2.04 bits per heavy atom. The van der Waals surface area contributed by atoms with Gasteiger partial charge in [-0.3, -0.25) is 4.90 Å². The Bertz CT molecular complexity index is 478. The number of carbonyl (C=O) groups is 2. The molecular weight excluding hydrogens is 326 g/mol. The summed E-state index contributed by atoms with van der Waals surface area (Å²) >= 11 is 0. The smallest absolute Gasteiger partial charge is 0.411 e. The summed E-state index contributed by atoms with van der Waals surface area (Å²) in [6.45, 7) is 16.4. The zero-order chi connectivity index (χ0) is 18.9. The molecule has 24 heavy (non-hydrogen) atoms. The Hall–Kier alpha value is -1.08. The topological polar surface area (TPSA) is 76.1 Å². The third-order valence-corrected chi connectivity index (χ3v) is 9.25. The Morgan fingerprint density at radius 1 is 1.08 bits per heavy atom. The van der Waals surface area contributed by atoms with Crippen LogP contribution in [0.2, 0.25) is 18.1 Å². The van der Waals surface area contributed by atoms with Gasteiger partial charge in [-0.15, -0.1) is 0 Å². The van der Waals surface area contributed by atoms with Crippen LogP contribution in [-0.2, 0) is 14.0 Å². The largest absolute Gasteiger partial charge is 0.480 e. The number of ether oxygens (including phenoxy) is 1. The lowest BCUT2D eigenvalue weighted by Gasteiger charge is -2.44. The van der Waals surface area contributed by atoms with Crippen molar-refractivity contribution in [1.82, 2.24) is 4.90 Å². The minimum atomic E-state index is -1.98. The monoisotopic (exact) mass is 359 g/mol. The van der Waals surface area contributed by atoms with Crippen LogP contribution in [0.25, 0.3) is 0 Å². The predicted molar refractivity (Wildman–Crippen MR) is 95.7 cm³/mol. The van der Waals surface area contributed by atoms with Gasteiger partial charge in [0.2, 0.25) is 0 Å². The van der Waals surface area contributed by atoms with Gasteiger partial charge in [0.05, 0.1) is 6.10 Å². The minimum absolute atomic E-state index is 0.0629. The summed E-state index contributed by atoms with van der Waals surface area (Å²) in [5, 5.41) is 9.49. The molecule has 0 saturated carbocycles. The van der Waals surface area contributed by atoms with E-state index in [-0.39, 0.29) is 17.7 Å². The number of rotatable bonds is 3. The maximum atomic E-state index is 12.4. The van der Waals surface area contributed by atoms with Gasteiger partial charge in [-0.05, 0) is 51.7 Å². The lowest BCUT2D eigenvalue weighted by molar-refractivity contribution is -0.145. The number of carbonyl (C=O) groups excluding carboxylic acids is 1. The second-order valence-corrected chi connectivity index (χ2v) is 13.8. The van der Waals surface area contributed by atoms with E-state index in [9.17, 15) is 14.7 Å². The first-order valence-electron chi connectivity index (χ1n) is 8.54. The van der Waals surface area contributed by atoms with Crippen molar-refractivity contribution in [1.29, 1.82) is 0 Å². The molecule has 0 aromatic rings. The van der Waals surface area contributed by atoms with E-state index in [0.717, 1.165) is 0 Å². The van der Waals surface area contributed by atoms with E-state index in [4.69, 9.17) is 9.16 Å². The number of amides is 1. The normalized spacial score (nSPS) is 23.1. The number of hydrogen-bond acceptors (Lipinski definition) is 4. The summed E-state index contributed by atoms with van der Waals surface area (Å²) in [6.07, 6.45) is 0.295. The van der Waals surface area contributed by atoms with E-state index < -0.39 is 32.0 Å². The number of aliphatic carboxylic acids is 1. The van der Waals surface area contributed by atoms with E-state index in [1.165, 1.54) is 4.90 Å². The molecule has 0 aliphatic carbocycles. The number of carboxylic acid groups (broad SMARTS) is 1. The SMILES string of the molecule is CC(C)(C)OC(=O)N1C[C@@H](O[Si](C)(C)C(C)(C)C)CC[C@@H]1C(=O)O. The molecule has 140 valence electrons. The molecule has 1 N–H and O–H groups in total. The molecule has 0 unspecified atom stereocenters. The van der Waals surface area contributed by atoms with E-state index in [2.05, 4.69) is 33.9 Å². The van der Waals surface area contributed by atoms with E-state index >= 15 is 0 Å². The number of likely N-dealkylation sites (tertiary alicyclic amines) is 1.